The Labute approximate surface area is 216 Å². The van der Waals surface area contributed by atoms with Crippen LogP contribution in [0.3, 0.4) is 0 Å². The maximum Gasteiger partial charge on any atom is 0.416 e. The molecule has 1 fully saturated rings. The number of piperidine rings is 1. The molecule has 11 nitrogen and oxygen atoms in total. The minimum Gasteiger partial charge on any atom is -0.353 e. The summed E-state index contributed by atoms with van der Waals surface area (Å²) >= 11 is 0. The van der Waals surface area contributed by atoms with Crippen molar-refractivity contribution in [3.63, 3.8) is 0 Å². The fourth-order valence-corrected chi connectivity index (χ4v) is 4.93. The molecule has 0 saturated carbocycles. The number of alkyl halides is 3. The highest BCUT2D eigenvalue weighted by molar-refractivity contribution is 7.89. The van der Waals surface area contributed by atoms with Crippen LogP contribution in [0.2, 0.25) is 0 Å². The molecule has 1 aliphatic heterocycles. The lowest BCUT2D eigenvalue weighted by Gasteiger charge is -2.37. The number of aryl methyl sites for hydroxylation is 1. The largest absolute Gasteiger partial charge is 0.416 e. The van der Waals surface area contributed by atoms with Gasteiger partial charge in [-0.05, 0) is 51.1 Å². The minimum atomic E-state index is -4.93. The van der Waals surface area contributed by atoms with E-state index in [4.69, 9.17) is 0 Å². The van der Waals surface area contributed by atoms with Crippen LogP contribution in [0, 0.1) is 17.0 Å². The topological polar surface area (TPSA) is 160 Å². The lowest BCUT2D eigenvalue weighted by molar-refractivity contribution is -0.385. The lowest BCUT2D eigenvalue weighted by atomic mass is 9.86. The van der Waals surface area contributed by atoms with Crippen molar-refractivity contribution >= 4 is 27.5 Å². The van der Waals surface area contributed by atoms with E-state index in [-0.39, 0.29) is 30.8 Å². The maximum absolute atomic E-state index is 13.2. The van der Waals surface area contributed by atoms with Crippen LogP contribution >= 0.6 is 0 Å². The van der Waals surface area contributed by atoms with Crippen LogP contribution in [0.5, 0.6) is 0 Å². The van der Waals surface area contributed by atoms with Crippen molar-refractivity contribution in [2.45, 2.75) is 36.4 Å². The number of hydrogen-bond acceptors (Lipinski definition) is 7. The average Bonchev–Trinajstić information content (AvgIpc) is 2.86. The molecular weight excluding hydrogens is 531 g/mol. The van der Waals surface area contributed by atoms with E-state index in [1.807, 2.05) is 6.92 Å². The SMILES string of the molecule is Cc1ccc(S(=O)(=O)NCCNC(=O)C2(NC(=O)c3cc([N+](=O)[O-])cc(C(F)(F)F)c3)CCNCC2)cc1. The van der Waals surface area contributed by atoms with Crippen LogP contribution < -0.4 is 20.7 Å². The number of hydrogen-bond donors (Lipinski definition) is 4. The normalized spacial score (nSPS) is 15.5. The van der Waals surface area contributed by atoms with Gasteiger partial charge in [0.15, 0.2) is 0 Å². The molecule has 2 aromatic rings. The standard InChI is InChI=1S/C23H26F3N5O6S/c1-15-2-4-19(5-3-15)38(36,37)29-11-10-28-21(33)22(6-8-27-9-7-22)30-20(32)16-12-17(23(24,25)26)14-18(13-16)31(34)35/h2-5,12-14,27,29H,6-11H2,1H3,(H,28,33)(H,30,32). The molecule has 0 radical (unpaired) electrons. The molecule has 15 heteroatoms. The summed E-state index contributed by atoms with van der Waals surface area (Å²) in [6.07, 6.45) is -4.77. The number of rotatable bonds is 9. The Morgan fingerprint density at radius 1 is 1.08 bits per heavy atom. The van der Waals surface area contributed by atoms with Gasteiger partial charge >= 0.3 is 6.18 Å². The molecule has 0 unspecified atom stereocenters. The first-order valence-corrected chi connectivity index (χ1v) is 13.0. The summed E-state index contributed by atoms with van der Waals surface area (Å²) in [7, 11) is -3.83. The molecule has 0 bridgehead atoms. The molecule has 0 aromatic heterocycles. The van der Waals surface area contributed by atoms with Crippen LogP contribution in [0.25, 0.3) is 0 Å². The average molecular weight is 558 g/mol. The monoisotopic (exact) mass is 557 g/mol. The quantitative estimate of drug-likeness (QED) is 0.208. The zero-order valence-corrected chi connectivity index (χ0v) is 21.0. The summed E-state index contributed by atoms with van der Waals surface area (Å²) in [6.45, 7) is 2.12. The van der Waals surface area contributed by atoms with Crippen molar-refractivity contribution in [2.75, 3.05) is 26.2 Å². The van der Waals surface area contributed by atoms with Gasteiger partial charge in [0.2, 0.25) is 15.9 Å². The zero-order chi connectivity index (χ0) is 28.1. The van der Waals surface area contributed by atoms with Crippen LogP contribution in [-0.2, 0) is 21.0 Å². The molecular formula is C23H26F3N5O6S. The molecule has 206 valence electrons. The van der Waals surface area contributed by atoms with Crippen molar-refractivity contribution in [3.8, 4) is 0 Å². The fourth-order valence-electron chi connectivity index (χ4n) is 3.89. The number of carbonyl (C=O) groups is 2. The Kier molecular flexibility index (Phi) is 8.74. The molecule has 0 aliphatic carbocycles. The minimum absolute atomic E-state index is 0.0479. The highest BCUT2D eigenvalue weighted by atomic mass is 32.2. The number of amides is 2. The Morgan fingerprint density at radius 3 is 2.29 bits per heavy atom. The number of halogens is 3. The van der Waals surface area contributed by atoms with Crippen molar-refractivity contribution in [3.05, 3.63) is 69.3 Å². The fraction of sp³-hybridized carbons (Fsp3) is 0.391. The molecule has 1 aliphatic rings. The van der Waals surface area contributed by atoms with Gasteiger partial charge in [0.25, 0.3) is 11.6 Å². The summed E-state index contributed by atoms with van der Waals surface area (Å²) < 4.78 is 66.9. The number of non-ortho nitro benzene ring substituents is 1. The second kappa shape index (κ2) is 11.4. The Bertz CT molecular complexity index is 1310. The van der Waals surface area contributed by atoms with Crippen LogP contribution in [0.4, 0.5) is 18.9 Å². The predicted molar refractivity (Wildman–Crippen MR) is 130 cm³/mol. The van der Waals surface area contributed by atoms with Gasteiger partial charge in [0.1, 0.15) is 5.54 Å². The molecule has 3 rings (SSSR count). The van der Waals surface area contributed by atoms with E-state index >= 15 is 0 Å². The number of nitro groups is 1. The van der Waals surface area contributed by atoms with E-state index in [2.05, 4.69) is 20.7 Å². The maximum atomic E-state index is 13.2. The summed E-state index contributed by atoms with van der Waals surface area (Å²) in [5, 5.41) is 19.1. The van der Waals surface area contributed by atoms with Crippen molar-refractivity contribution < 1.29 is 36.1 Å². The van der Waals surface area contributed by atoms with E-state index < -0.39 is 55.3 Å². The van der Waals surface area contributed by atoms with Gasteiger partial charge in [-0.2, -0.15) is 13.2 Å². The number of nitro benzene ring substituents is 1. The Hall–Kier alpha value is -3.56. The number of nitrogens with zero attached hydrogens (tertiary/aromatic N) is 1. The highest BCUT2D eigenvalue weighted by Crippen LogP contribution is 2.33. The number of nitrogens with one attached hydrogen (secondary N) is 4. The number of sulfonamides is 1. The molecule has 2 aromatic carbocycles. The van der Waals surface area contributed by atoms with Crippen molar-refractivity contribution in [1.82, 2.24) is 20.7 Å². The summed E-state index contributed by atoms with van der Waals surface area (Å²) in [5.74, 6) is -1.75. The summed E-state index contributed by atoms with van der Waals surface area (Å²) in [6, 6.07) is 7.66. The van der Waals surface area contributed by atoms with Gasteiger partial charge in [-0.25, -0.2) is 13.1 Å². The van der Waals surface area contributed by atoms with Crippen molar-refractivity contribution in [2.24, 2.45) is 0 Å². The third-order valence-corrected chi connectivity index (χ3v) is 7.47. The molecule has 1 saturated heterocycles. The van der Waals surface area contributed by atoms with Gasteiger partial charge in [-0.1, -0.05) is 17.7 Å². The number of carbonyl (C=O) groups excluding carboxylic acids is 2. The van der Waals surface area contributed by atoms with Gasteiger partial charge in [-0.15, -0.1) is 0 Å². The molecule has 4 N–H and O–H groups in total. The molecule has 0 spiro atoms. The molecule has 38 heavy (non-hydrogen) atoms. The van der Waals surface area contributed by atoms with Crippen LogP contribution in [-0.4, -0.2) is 56.9 Å². The first kappa shape index (κ1) is 29.0. The molecule has 0 atom stereocenters. The Balaban J connectivity index is 1.71. The third kappa shape index (κ3) is 7.05. The third-order valence-electron chi connectivity index (χ3n) is 6.00. The molecule has 2 amide bonds. The zero-order valence-electron chi connectivity index (χ0n) is 20.2. The predicted octanol–water partition coefficient (Wildman–Crippen LogP) is 1.87. The van der Waals surface area contributed by atoms with Gasteiger partial charge < -0.3 is 16.0 Å². The van der Waals surface area contributed by atoms with E-state index in [0.717, 1.165) is 5.56 Å². The first-order valence-electron chi connectivity index (χ1n) is 11.5. The van der Waals surface area contributed by atoms with Gasteiger partial charge in [0.05, 0.1) is 15.4 Å². The first-order chi connectivity index (χ1) is 17.7. The van der Waals surface area contributed by atoms with Gasteiger partial charge in [-0.3, -0.25) is 19.7 Å². The summed E-state index contributed by atoms with van der Waals surface area (Å²) in [5.41, 5.74) is -3.56. The second-order valence-corrected chi connectivity index (χ2v) is 10.5. The van der Waals surface area contributed by atoms with E-state index in [9.17, 15) is 41.3 Å². The second-order valence-electron chi connectivity index (χ2n) is 8.78. The van der Waals surface area contributed by atoms with Crippen LogP contribution in [0.1, 0.15) is 34.3 Å². The van der Waals surface area contributed by atoms with Crippen molar-refractivity contribution in [1.29, 1.82) is 0 Å². The van der Waals surface area contributed by atoms with E-state index in [1.165, 1.54) is 12.1 Å². The van der Waals surface area contributed by atoms with Gasteiger partial charge in [0, 0.05) is 30.8 Å². The lowest BCUT2D eigenvalue weighted by Crippen LogP contribution is -2.63. The number of benzene rings is 2. The summed E-state index contributed by atoms with van der Waals surface area (Å²) in [4.78, 5) is 36.2. The smallest absolute Gasteiger partial charge is 0.353 e. The van der Waals surface area contributed by atoms with E-state index in [1.54, 1.807) is 12.1 Å². The highest BCUT2D eigenvalue weighted by Gasteiger charge is 2.41. The van der Waals surface area contributed by atoms with Crippen LogP contribution in [0.15, 0.2) is 47.4 Å². The van der Waals surface area contributed by atoms with E-state index in [0.29, 0.717) is 31.3 Å². The molecule has 1 heterocycles. The Morgan fingerprint density at radius 2 is 1.71 bits per heavy atom.